The minimum atomic E-state index is 0.781. The van der Waals surface area contributed by atoms with E-state index in [1.54, 1.807) is 11.3 Å². The van der Waals surface area contributed by atoms with Gasteiger partial charge in [-0.2, -0.15) is 0 Å². The first kappa shape index (κ1) is 11.0. The summed E-state index contributed by atoms with van der Waals surface area (Å²) in [5.41, 5.74) is 2.79. The summed E-state index contributed by atoms with van der Waals surface area (Å²) in [6.07, 6.45) is 8.82. The Morgan fingerprint density at radius 1 is 1.12 bits per heavy atom. The molecule has 0 radical (unpaired) electrons. The third-order valence-corrected chi connectivity index (χ3v) is 4.46. The van der Waals surface area contributed by atoms with Crippen LogP contribution in [-0.4, -0.2) is 4.98 Å². The van der Waals surface area contributed by atoms with Crippen LogP contribution in [0.2, 0.25) is 0 Å². The zero-order chi connectivity index (χ0) is 11.5. The van der Waals surface area contributed by atoms with E-state index in [9.17, 15) is 0 Å². The van der Waals surface area contributed by atoms with Crippen LogP contribution in [0.1, 0.15) is 43.6 Å². The van der Waals surface area contributed by atoms with Crippen molar-refractivity contribution in [2.24, 2.45) is 0 Å². The Kier molecular flexibility index (Phi) is 3.23. The van der Waals surface area contributed by atoms with Crippen molar-refractivity contribution < 1.29 is 0 Å². The Balaban J connectivity index is 1.88. The zero-order valence-electron chi connectivity index (χ0n) is 9.93. The molecule has 1 fully saturated rings. The van der Waals surface area contributed by atoms with Crippen molar-refractivity contribution in [2.45, 2.75) is 38.0 Å². The number of thiazole rings is 1. The molecule has 1 aliphatic carbocycles. The molecule has 0 aliphatic heterocycles. The van der Waals surface area contributed by atoms with Gasteiger partial charge in [0.05, 0.1) is 0 Å². The van der Waals surface area contributed by atoms with Crippen molar-refractivity contribution in [1.29, 1.82) is 0 Å². The molecule has 1 aromatic carbocycles. The van der Waals surface area contributed by atoms with Gasteiger partial charge in [-0.05, 0) is 30.4 Å². The van der Waals surface area contributed by atoms with E-state index in [0.29, 0.717) is 0 Å². The summed E-state index contributed by atoms with van der Waals surface area (Å²) < 4.78 is 0. The lowest BCUT2D eigenvalue weighted by Crippen LogP contribution is -2.04. The van der Waals surface area contributed by atoms with Gasteiger partial charge in [0.2, 0.25) is 0 Å². The van der Waals surface area contributed by atoms with Crippen molar-refractivity contribution in [3.63, 3.8) is 0 Å². The first-order valence-corrected chi connectivity index (χ1v) is 7.31. The molecule has 3 rings (SSSR count). The Labute approximate surface area is 107 Å². The summed E-state index contributed by atoms with van der Waals surface area (Å²) in [5.74, 6) is 0.781. The molecule has 2 aromatic rings. The second kappa shape index (κ2) is 5.01. The smallest absolute Gasteiger partial charge is 0.123 e. The van der Waals surface area contributed by atoms with E-state index in [1.165, 1.54) is 43.2 Å². The van der Waals surface area contributed by atoms with E-state index in [0.717, 1.165) is 10.9 Å². The van der Waals surface area contributed by atoms with Crippen LogP contribution in [-0.2, 0) is 0 Å². The van der Waals surface area contributed by atoms with Gasteiger partial charge in [0.25, 0.3) is 0 Å². The van der Waals surface area contributed by atoms with Crippen molar-refractivity contribution >= 4 is 11.3 Å². The van der Waals surface area contributed by atoms with Crippen LogP contribution in [0, 0.1) is 0 Å². The first-order valence-electron chi connectivity index (χ1n) is 6.43. The molecule has 2 heteroatoms. The lowest BCUT2D eigenvalue weighted by molar-refractivity contribution is 0.444. The monoisotopic (exact) mass is 243 g/mol. The predicted octanol–water partition coefficient (Wildman–Crippen LogP) is 4.86. The number of hydrogen-bond acceptors (Lipinski definition) is 2. The maximum atomic E-state index is 4.39. The van der Waals surface area contributed by atoms with Gasteiger partial charge in [-0.25, -0.2) is 4.98 Å². The van der Waals surface area contributed by atoms with Gasteiger partial charge in [0.1, 0.15) is 5.01 Å². The van der Waals surface area contributed by atoms with Crippen LogP contribution in [0.25, 0.3) is 10.6 Å². The van der Waals surface area contributed by atoms with Gasteiger partial charge >= 0.3 is 0 Å². The fourth-order valence-electron chi connectivity index (χ4n) is 2.73. The Morgan fingerprint density at radius 3 is 2.76 bits per heavy atom. The van der Waals surface area contributed by atoms with E-state index in [1.807, 2.05) is 11.6 Å². The van der Waals surface area contributed by atoms with E-state index in [2.05, 4.69) is 29.2 Å². The molecular weight excluding hydrogens is 226 g/mol. The van der Waals surface area contributed by atoms with Crippen LogP contribution < -0.4 is 0 Å². The van der Waals surface area contributed by atoms with Gasteiger partial charge in [-0.1, -0.05) is 37.5 Å². The second-order valence-electron chi connectivity index (χ2n) is 4.80. The SMILES string of the molecule is c1cc(-c2nccs2)cc(C2CCCCC2)c1. The van der Waals surface area contributed by atoms with Crippen molar-refractivity contribution in [3.8, 4) is 10.6 Å². The Hall–Kier alpha value is -1.15. The van der Waals surface area contributed by atoms with Gasteiger partial charge < -0.3 is 0 Å². The summed E-state index contributed by atoms with van der Waals surface area (Å²) in [6, 6.07) is 8.98. The summed E-state index contributed by atoms with van der Waals surface area (Å²) in [4.78, 5) is 4.39. The number of rotatable bonds is 2. The topological polar surface area (TPSA) is 12.9 Å². The van der Waals surface area contributed by atoms with Crippen LogP contribution in [0.4, 0.5) is 0 Å². The van der Waals surface area contributed by atoms with E-state index >= 15 is 0 Å². The van der Waals surface area contributed by atoms with Crippen LogP contribution in [0.3, 0.4) is 0 Å². The molecule has 0 spiro atoms. The van der Waals surface area contributed by atoms with E-state index < -0.39 is 0 Å². The standard InChI is InChI=1S/C15H17NS/c1-2-5-12(6-3-1)13-7-4-8-14(11-13)15-16-9-10-17-15/h4,7-12H,1-3,5-6H2. The van der Waals surface area contributed by atoms with Crippen LogP contribution in [0.15, 0.2) is 35.8 Å². The van der Waals surface area contributed by atoms with E-state index in [4.69, 9.17) is 0 Å². The van der Waals surface area contributed by atoms with Crippen molar-refractivity contribution in [1.82, 2.24) is 4.98 Å². The van der Waals surface area contributed by atoms with Crippen LogP contribution in [0.5, 0.6) is 0 Å². The lowest BCUT2D eigenvalue weighted by Gasteiger charge is -2.22. The van der Waals surface area contributed by atoms with Gasteiger partial charge in [0.15, 0.2) is 0 Å². The van der Waals surface area contributed by atoms with Crippen molar-refractivity contribution in [3.05, 3.63) is 41.4 Å². The molecule has 0 bridgehead atoms. The van der Waals surface area contributed by atoms with Gasteiger partial charge in [0, 0.05) is 17.1 Å². The average molecular weight is 243 g/mol. The largest absolute Gasteiger partial charge is 0.245 e. The molecule has 1 aromatic heterocycles. The molecule has 1 nitrogen and oxygen atoms in total. The highest BCUT2D eigenvalue weighted by Crippen LogP contribution is 2.34. The quantitative estimate of drug-likeness (QED) is 0.734. The highest BCUT2D eigenvalue weighted by Gasteiger charge is 2.15. The Bertz CT molecular complexity index is 469. The second-order valence-corrected chi connectivity index (χ2v) is 5.69. The number of benzene rings is 1. The van der Waals surface area contributed by atoms with E-state index in [-0.39, 0.29) is 0 Å². The number of hydrogen-bond donors (Lipinski definition) is 0. The van der Waals surface area contributed by atoms with Crippen molar-refractivity contribution in [2.75, 3.05) is 0 Å². The summed E-state index contributed by atoms with van der Waals surface area (Å²) in [7, 11) is 0. The molecule has 0 N–H and O–H groups in total. The predicted molar refractivity (Wildman–Crippen MR) is 73.4 cm³/mol. The molecule has 1 saturated carbocycles. The molecule has 1 heterocycles. The highest BCUT2D eigenvalue weighted by molar-refractivity contribution is 7.13. The maximum absolute atomic E-state index is 4.39. The molecule has 0 amide bonds. The molecule has 1 aliphatic rings. The minimum absolute atomic E-state index is 0.781. The fourth-order valence-corrected chi connectivity index (χ4v) is 3.36. The normalized spacial score (nSPS) is 17.2. The fraction of sp³-hybridized carbons (Fsp3) is 0.400. The molecule has 17 heavy (non-hydrogen) atoms. The first-order chi connectivity index (χ1) is 8.43. The molecular formula is C15H17NS. The lowest BCUT2D eigenvalue weighted by atomic mass is 9.84. The highest BCUT2D eigenvalue weighted by atomic mass is 32.1. The maximum Gasteiger partial charge on any atom is 0.123 e. The summed E-state index contributed by atoms with van der Waals surface area (Å²) in [6.45, 7) is 0. The number of aromatic nitrogens is 1. The minimum Gasteiger partial charge on any atom is -0.245 e. The third-order valence-electron chi connectivity index (χ3n) is 3.64. The summed E-state index contributed by atoms with van der Waals surface area (Å²) in [5, 5.41) is 3.19. The molecule has 0 unspecified atom stereocenters. The Morgan fingerprint density at radius 2 is 2.00 bits per heavy atom. The van der Waals surface area contributed by atoms with Crippen LogP contribution >= 0.6 is 11.3 Å². The third kappa shape index (κ3) is 2.42. The average Bonchev–Trinajstić information content (AvgIpc) is 2.94. The zero-order valence-corrected chi connectivity index (χ0v) is 10.7. The summed E-state index contributed by atoms with van der Waals surface area (Å²) >= 11 is 1.72. The molecule has 0 atom stereocenters. The van der Waals surface area contributed by atoms with Gasteiger partial charge in [-0.3, -0.25) is 0 Å². The van der Waals surface area contributed by atoms with Gasteiger partial charge in [-0.15, -0.1) is 11.3 Å². The number of nitrogens with zero attached hydrogens (tertiary/aromatic N) is 1. The molecule has 0 saturated heterocycles. The molecule has 88 valence electrons.